The highest BCUT2D eigenvalue weighted by Crippen LogP contribution is 2.18. The molecule has 0 saturated carbocycles. The summed E-state index contributed by atoms with van der Waals surface area (Å²) < 4.78 is 12.7. The van der Waals surface area contributed by atoms with Gasteiger partial charge in [0.15, 0.2) is 0 Å². The number of carboxylic acids is 1. The van der Waals surface area contributed by atoms with Crippen LogP contribution < -0.4 is 0 Å². The van der Waals surface area contributed by atoms with Gasteiger partial charge in [-0.25, -0.2) is 14.2 Å². The van der Waals surface area contributed by atoms with E-state index in [1.165, 1.54) is 6.92 Å². The average molecular weight is 190 g/mol. The predicted octanol–water partition coefficient (Wildman–Crippen LogP) is 1.88. The molecule has 0 aromatic carbocycles. The molecule has 0 aliphatic rings. The van der Waals surface area contributed by atoms with E-state index in [2.05, 4.69) is 4.98 Å². The van der Waals surface area contributed by atoms with Crippen LogP contribution in [0.3, 0.4) is 0 Å². The van der Waals surface area contributed by atoms with Crippen LogP contribution in [0.25, 0.3) is 0 Å². The lowest BCUT2D eigenvalue weighted by Gasteiger charge is -2.02. The minimum atomic E-state index is -1.27. The Bertz CT molecular complexity index is 340. The van der Waals surface area contributed by atoms with Crippen LogP contribution in [0.15, 0.2) is 6.20 Å². The van der Waals surface area contributed by atoms with E-state index in [0.29, 0.717) is 0 Å². The van der Waals surface area contributed by atoms with Crippen molar-refractivity contribution in [1.82, 2.24) is 4.98 Å². The van der Waals surface area contributed by atoms with Crippen molar-refractivity contribution in [1.29, 1.82) is 0 Å². The van der Waals surface area contributed by atoms with Crippen LogP contribution in [-0.4, -0.2) is 16.1 Å². The number of carbonyl (C=O) groups is 1. The van der Waals surface area contributed by atoms with Crippen molar-refractivity contribution < 1.29 is 14.3 Å². The fourth-order valence-corrected chi connectivity index (χ4v) is 1.07. The molecule has 12 heavy (non-hydrogen) atoms. The SMILES string of the molecule is Cc1c(F)cnc(Cl)c1C(=O)O. The summed E-state index contributed by atoms with van der Waals surface area (Å²) in [6.07, 6.45) is 0.893. The van der Waals surface area contributed by atoms with E-state index in [4.69, 9.17) is 16.7 Å². The highest BCUT2D eigenvalue weighted by molar-refractivity contribution is 6.32. The van der Waals surface area contributed by atoms with Gasteiger partial charge < -0.3 is 5.11 Å². The quantitative estimate of drug-likeness (QED) is 0.687. The number of nitrogens with zero attached hydrogens (tertiary/aromatic N) is 1. The zero-order valence-corrected chi connectivity index (χ0v) is 6.89. The van der Waals surface area contributed by atoms with Gasteiger partial charge in [0.25, 0.3) is 0 Å². The number of halogens is 2. The van der Waals surface area contributed by atoms with Crippen LogP contribution in [0.2, 0.25) is 5.15 Å². The Morgan fingerprint density at radius 1 is 1.75 bits per heavy atom. The summed E-state index contributed by atoms with van der Waals surface area (Å²) in [7, 11) is 0. The van der Waals surface area contributed by atoms with Crippen molar-refractivity contribution in [3.63, 3.8) is 0 Å². The molecule has 0 amide bonds. The Labute approximate surface area is 72.8 Å². The Balaban J connectivity index is 3.43. The maximum absolute atomic E-state index is 12.7. The fraction of sp³-hybridized carbons (Fsp3) is 0.143. The second-order valence-electron chi connectivity index (χ2n) is 2.20. The molecule has 1 N–H and O–H groups in total. The topological polar surface area (TPSA) is 50.2 Å². The molecule has 0 unspecified atom stereocenters. The lowest BCUT2D eigenvalue weighted by Crippen LogP contribution is -2.04. The number of rotatable bonds is 1. The summed E-state index contributed by atoms with van der Waals surface area (Å²) in [4.78, 5) is 13.9. The zero-order chi connectivity index (χ0) is 9.30. The minimum absolute atomic E-state index is 0.00231. The molecule has 64 valence electrons. The molecule has 0 spiro atoms. The van der Waals surface area contributed by atoms with E-state index in [1.807, 2.05) is 0 Å². The smallest absolute Gasteiger partial charge is 0.339 e. The third-order valence-corrected chi connectivity index (χ3v) is 1.73. The van der Waals surface area contributed by atoms with Gasteiger partial charge in [0.2, 0.25) is 0 Å². The van der Waals surface area contributed by atoms with Gasteiger partial charge in [0, 0.05) is 5.56 Å². The normalized spacial score (nSPS) is 9.92. The van der Waals surface area contributed by atoms with Crippen molar-refractivity contribution >= 4 is 17.6 Å². The van der Waals surface area contributed by atoms with Gasteiger partial charge in [-0.3, -0.25) is 0 Å². The summed E-state index contributed by atoms with van der Waals surface area (Å²) >= 11 is 5.44. The summed E-state index contributed by atoms with van der Waals surface area (Å²) in [5.74, 6) is -1.94. The van der Waals surface area contributed by atoms with Crippen LogP contribution >= 0.6 is 11.6 Å². The maximum atomic E-state index is 12.7. The van der Waals surface area contributed by atoms with Gasteiger partial charge in [-0.1, -0.05) is 11.6 Å². The largest absolute Gasteiger partial charge is 0.478 e. The van der Waals surface area contributed by atoms with E-state index >= 15 is 0 Å². The standard InChI is InChI=1S/C7H5ClFNO2/c1-3-4(9)2-10-6(8)5(3)7(11)12/h2H,1H3,(H,11,12). The first-order valence-electron chi connectivity index (χ1n) is 3.08. The monoisotopic (exact) mass is 189 g/mol. The highest BCUT2D eigenvalue weighted by Gasteiger charge is 2.15. The third-order valence-electron chi connectivity index (χ3n) is 1.44. The highest BCUT2D eigenvalue weighted by atomic mass is 35.5. The Morgan fingerprint density at radius 2 is 2.33 bits per heavy atom. The van der Waals surface area contributed by atoms with Crippen molar-refractivity contribution in [2.24, 2.45) is 0 Å². The summed E-state index contributed by atoms with van der Waals surface area (Å²) in [5.41, 5.74) is -0.279. The molecule has 1 aromatic rings. The number of aromatic carboxylic acids is 1. The first-order chi connectivity index (χ1) is 5.54. The Hall–Kier alpha value is -1.16. The molecule has 1 aromatic heterocycles. The number of hydrogen-bond acceptors (Lipinski definition) is 2. The van der Waals surface area contributed by atoms with Gasteiger partial charge in [0.05, 0.1) is 6.20 Å². The number of carboxylic acid groups (broad SMARTS) is 1. The van der Waals surface area contributed by atoms with Crippen LogP contribution in [0.5, 0.6) is 0 Å². The molecule has 0 aliphatic heterocycles. The first-order valence-corrected chi connectivity index (χ1v) is 3.45. The fourth-order valence-electron chi connectivity index (χ4n) is 0.797. The Morgan fingerprint density at radius 3 is 2.75 bits per heavy atom. The van der Waals surface area contributed by atoms with Crippen LogP contribution in [0.4, 0.5) is 4.39 Å². The van der Waals surface area contributed by atoms with Gasteiger partial charge >= 0.3 is 5.97 Å². The van der Waals surface area contributed by atoms with Crippen molar-refractivity contribution in [2.75, 3.05) is 0 Å². The molecule has 0 saturated heterocycles. The number of pyridine rings is 1. The molecule has 0 aliphatic carbocycles. The lowest BCUT2D eigenvalue weighted by molar-refractivity contribution is 0.0695. The number of hydrogen-bond donors (Lipinski definition) is 1. The maximum Gasteiger partial charge on any atom is 0.339 e. The van der Waals surface area contributed by atoms with E-state index in [1.54, 1.807) is 0 Å². The lowest BCUT2D eigenvalue weighted by atomic mass is 10.1. The molecule has 1 rings (SSSR count). The van der Waals surface area contributed by atoms with Gasteiger partial charge in [-0.2, -0.15) is 0 Å². The van der Waals surface area contributed by atoms with Crippen molar-refractivity contribution in [3.05, 3.63) is 28.3 Å². The van der Waals surface area contributed by atoms with Crippen LogP contribution in [0, 0.1) is 12.7 Å². The van der Waals surface area contributed by atoms with Gasteiger partial charge in [-0.05, 0) is 6.92 Å². The van der Waals surface area contributed by atoms with Gasteiger partial charge in [-0.15, -0.1) is 0 Å². The minimum Gasteiger partial charge on any atom is -0.478 e. The summed E-state index contributed by atoms with van der Waals surface area (Å²) in [5, 5.41) is 8.39. The molecule has 0 atom stereocenters. The second-order valence-corrected chi connectivity index (χ2v) is 2.56. The van der Waals surface area contributed by atoms with E-state index in [0.717, 1.165) is 6.20 Å². The molecule has 0 fully saturated rings. The number of aromatic nitrogens is 1. The van der Waals surface area contributed by atoms with E-state index < -0.39 is 11.8 Å². The predicted molar refractivity (Wildman–Crippen MR) is 40.9 cm³/mol. The third kappa shape index (κ3) is 1.38. The average Bonchev–Trinajstić information content (AvgIpc) is 1.97. The summed E-state index contributed by atoms with van der Waals surface area (Å²) in [6.45, 7) is 1.34. The molecular formula is C7H5ClFNO2. The van der Waals surface area contributed by atoms with E-state index in [-0.39, 0.29) is 16.3 Å². The Kier molecular flexibility index (Phi) is 2.28. The van der Waals surface area contributed by atoms with Gasteiger partial charge in [0.1, 0.15) is 16.5 Å². The molecular weight excluding hydrogens is 185 g/mol. The molecule has 0 bridgehead atoms. The molecule has 3 nitrogen and oxygen atoms in total. The zero-order valence-electron chi connectivity index (χ0n) is 6.14. The van der Waals surface area contributed by atoms with Crippen molar-refractivity contribution in [3.8, 4) is 0 Å². The van der Waals surface area contributed by atoms with E-state index in [9.17, 15) is 9.18 Å². The molecule has 5 heteroatoms. The summed E-state index contributed by atoms with van der Waals surface area (Å²) in [6, 6.07) is 0. The first kappa shape index (κ1) is 8.93. The molecule has 1 heterocycles. The second kappa shape index (κ2) is 3.06. The van der Waals surface area contributed by atoms with Crippen LogP contribution in [0.1, 0.15) is 15.9 Å². The molecule has 0 radical (unpaired) electrons. The van der Waals surface area contributed by atoms with Crippen molar-refractivity contribution in [2.45, 2.75) is 6.92 Å². The van der Waals surface area contributed by atoms with Crippen LogP contribution in [-0.2, 0) is 0 Å².